The third kappa shape index (κ3) is 5.86. The van der Waals surface area contributed by atoms with Crippen molar-refractivity contribution in [3.05, 3.63) is 105 Å². The van der Waals surface area contributed by atoms with Gasteiger partial charge in [-0.3, -0.25) is 4.90 Å². The molecule has 0 spiro atoms. The first-order chi connectivity index (χ1) is 14.2. The fraction of sp³-hybridized carbons (Fsp3) is 0.250. The van der Waals surface area contributed by atoms with Gasteiger partial charge in [0.2, 0.25) is 11.8 Å². The summed E-state index contributed by atoms with van der Waals surface area (Å²) in [5.41, 5.74) is 2.52. The number of nitrogens with zero attached hydrogens (tertiary/aromatic N) is 3. The molecule has 0 bridgehead atoms. The zero-order valence-corrected chi connectivity index (χ0v) is 17.4. The molecule has 0 saturated carbocycles. The Morgan fingerprint density at radius 2 is 1.48 bits per heavy atom. The number of hydrogen-bond acceptors (Lipinski definition) is 5. The van der Waals surface area contributed by atoms with Crippen molar-refractivity contribution in [2.24, 2.45) is 0 Å². The van der Waals surface area contributed by atoms with Crippen molar-refractivity contribution in [2.45, 2.75) is 32.9 Å². The Balaban J connectivity index is 1.42. The molecular weight excluding hydrogens is 378 g/mol. The molecule has 0 aliphatic heterocycles. The molecule has 2 aromatic carbocycles. The van der Waals surface area contributed by atoms with Crippen LogP contribution in [0.4, 0.5) is 0 Å². The summed E-state index contributed by atoms with van der Waals surface area (Å²) in [5, 5.41) is 8.55. The first-order valence-electron chi connectivity index (χ1n) is 9.91. The minimum atomic E-state index is 0.658. The van der Waals surface area contributed by atoms with E-state index >= 15 is 0 Å². The van der Waals surface area contributed by atoms with Gasteiger partial charge in [-0.25, -0.2) is 0 Å². The van der Waals surface area contributed by atoms with E-state index in [-0.39, 0.29) is 0 Å². The molecule has 2 heterocycles. The summed E-state index contributed by atoms with van der Waals surface area (Å²) in [7, 11) is 0. The third-order valence-electron chi connectivity index (χ3n) is 4.80. The second-order valence-corrected chi connectivity index (χ2v) is 8.58. The zero-order valence-electron chi connectivity index (χ0n) is 16.6. The lowest BCUT2D eigenvalue weighted by Gasteiger charge is -2.20. The summed E-state index contributed by atoms with van der Waals surface area (Å²) in [5.74, 6) is 1.35. The van der Waals surface area contributed by atoms with Gasteiger partial charge in [0.05, 0.1) is 13.0 Å². The molecule has 0 saturated heterocycles. The molecule has 4 nitrogen and oxygen atoms in total. The van der Waals surface area contributed by atoms with E-state index in [1.54, 1.807) is 0 Å². The van der Waals surface area contributed by atoms with Crippen molar-refractivity contribution in [3.63, 3.8) is 0 Å². The van der Waals surface area contributed by atoms with Crippen LogP contribution in [0.1, 0.15) is 32.7 Å². The zero-order chi connectivity index (χ0) is 19.9. The molecule has 2 aromatic heterocycles. The molecule has 4 rings (SSSR count). The van der Waals surface area contributed by atoms with Crippen molar-refractivity contribution in [1.82, 2.24) is 15.1 Å². The van der Waals surface area contributed by atoms with Crippen LogP contribution in [-0.2, 0) is 25.9 Å². The maximum atomic E-state index is 5.95. The van der Waals surface area contributed by atoms with Gasteiger partial charge in [-0.2, -0.15) is 0 Å². The number of aryl methyl sites for hydroxylation is 1. The van der Waals surface area contributed by atoms with Crippen LogP contribution in [0.25, 0.3) is 0 Å². The number of hydrogen-bond donors (Lipinski definition) is 0. The minimum absolute atomic E-state index is 0.658. The van der Waals surface area contributed by atoms with Gasteiger partial charge in [0.1, 0.15) is 0 Å². The number of aromatic nitrogens is 2. The highest BCUT2D eigenvalue weighted by Gasteiger charge is 2.14. The molecule has 0 atom stereocenters. The molecular formula is C24H25N3OS. The van der Waals surface area contributed by atoms with Crippen LogP contribution in [0.5, 0.6) is 0 Å². The lowest BCUT2D eigenvalue weighted by atomic mass is 10.1. The predicted octanol–water partition coefficient (Wildman–Crippen LogP) is 5.28. The van der Waals surface area contributed by atoms with E-state index in [9.17, 15) is 0 Å². The first-order valence-corrected chi connectivity index (χ1v) is 10.7. The van der Waals surface area contributed by atoms with Crippen LogP contribution in [0.3, 0.4) is 0 Å². The maximum absolute atomic E-state index is 5.95. The maximum Gasteiger partial charge on any atom is 0.230 e. The fourth-order valence-corrected chi connectivity index (χ4v) is 4.25. The van der Waals surface area contributed by atoms with E-state index in [1.165, 1.54) is 20.9 Å². The Kier molecular flexibility index (Phi) is 6.49. The van der Waals surface area contributed by atoms with Gasteiger partial charge in [-0.05, 0) is 36.6 Å². The van der Waals surface area contributed by atoms with Crippen molar-refractivity contribution < 1.29 is 4.42 Å². The highest BCUT2D eigenvalue weighted by molar-refractivity contribution is 7.11. The highest BCUT2D eigenvalue weighted by atomic mass is 32.1. The minimum Gasteiger partial charge on any atom is -0.424 e. The van der Waals surface area contributed by atoms with Crippen LogP contribution in [-0.4, -0.2) is 21.6 Å². The monoisotopic (exact) mass is 403 g/mol. The molecule has 4 aromatic rings. The molecule has 0 aliphatic rings. The summed E-state index contributed by atoms with van der Waals surface area (Å²) in [6.45, 7) is 4.64. The van der Waals surface area contributed by atoms with Crippen molar-refractivity contribution in [3.8, 4) is 0 Å². The Bertz CT molecular complexity index is 1010. The smallest absolute Gasteiger partial charge is 0.230 e. The Labute approximate surface area is 175 Å². The largest absolute Gasteiger partial charge is 0.424 e. The molecule has 0 aliphatic carbocycles. The van der Waals surface area contributed by atoms with Gasteiger partial charge < -0.3 is 4.42 Å². The van der Waals surface area contributed by atoms with E-state index in [1.807, 2.05) is 29.5 Å². The molecule has 5 heteroatoms. The van der Waals surface area contributed by atoms with Crippen molar-refractivity contribution in [1.29, 1.82) is 0 Å². The summed E-state index contributed by atoms with van der Waals surface area (Å²) in [4.78, 5) is 5.09. The molecule has 0 amide bonds. The highest BCUT2D eigenvalue weighted by Crippen LogP contribution is 2.19. The van der Waals surface area contributed by atoms with Gasteiger partial charge in [-0.15, -0.1) is 21.5 Å². The second kappa shape index (κ2) is 9.63. The van der Waals surface area contributed by atoms with Gasteiger partial charge in [0.25, 0.3) is 0 Å². The number of benzene rings is 2. The molecule has 148 valence electrons. The van der Waals surface area contributed by atoms with E-state index in [4.69, 9.17) is 4.42 Å². The van der Waals surface area contributed by atoms with E-state index in [0.29, 0.717) is 24.7 Å². The van der Waals surface area contributed by atoms with Crippen LogP contribution < -0.4 is 0 Å². The van der Waals surface area contributed by atoms with Crippen molar-refractivity contribution >= 4 is 11.3 Å². The lowest BCUT2D eigenvalue weighted by Crippen LogP contribution is -2.25. The Hall–Kier alpha value is -2.76. The SMILES string of the molecule is Cc1ccc(CN(CCc2ccccc2)Cc2nnc(Cc3ccccc3)o2)s1. The van der Waals surface area contributed by atoms with Gasteiger partial charge in [0.15, 0.2) is 0 Å². The van der Waals surface area contributed by atoms with Crippen LogP contribution >= 0.6 is 11.3 Å². The van der Waals surface area contributed by atoms with E-state index in [0.717, 1.165) is 19.5 Å². The molecule has 0 fully saturated rings. The number of rotatable bonds is 9. The van der Waals surface area contributed by atoms with Crippen molar-refractivity contribution in [2.75, 3.05) is 6.54 Å². The topological polar surface area (TPSA) is 42.2 Å². The summed E-state index contributed by atoms with van der Waals surface area (Å²) >= 11 is 1.85. The lowest BCUT2D eigenvalue weighted by molar-refractivity contribution is 0.233. The third-order valence-corrected chi connectivity index (χ3v) is 5.79. The average Bonchev–Trinajstić information content (AvgIpc) is 3.36. The van der Waals surface area contributed by atoms with Crippen LogP contribution in [0.2, 0.25) is 0 Å². The standard InChI is InChI=1S/C24H25N3OS/c1-19-12-13-22(29-19)17-27(15-14-20-8-4-2-5-9-20)18-24-26-25-23(28-24)16-21-10-6-3-7-11-21/h2-13H,14-18H2,1H3. The van der Waals surface area contributed by atoms with E-state index < -0.39 is 0 Å². The first kappa shape index (κ1) is 19.6. The molecule has 29 heavy (non-hydrogen) atoms. The van der Waals surface area contributed by atoms with E-state index in [2.05, 4.69) is 76.6 Å². The normalized spacial score (nSPS) is 11.2. The van der Waals surface area contributed by atoms with Crippen LogP contribution in [0, 0.1) is 6.92 Å². The molecule has 0 unspecified atom stereocenters. The van der Waals surface area contributed by atoms with Gasteiger partial charge >= 0.3 is 0 Å². The fourth-order valence-electron chi connectivity index (χ4n) is 3.32. The second-order valence-electron chi connectivity index (χ2n) is 7.21. The molecule has 0 N–H and O–H groups in total. The average molecular weight is 404 g/mol. The Morgan fingerprint density at radius 1 is 0.793 bits per heavy atom. The Morgan fingerprint density at radius 3 is 2.17 bits per heavy atom. The summed E-state index contributed by atoms with van der Waals surface area (Å²) in [6, 6.07) is 25.2. The molecule has 0 radical (unpaired) electrons. The van der Waals surface area contributed by atoms with Gasteiger partial charge in [-0.1, -0.05) is 60.7 Å². The quantitative estimate of drug-likeness (QED) is 0.381. The summed E-state index contributed by atoms with van der Waals surface area (Å²) in [6.07, 6.45) is 1.66. The number of thiophene rings is 1. The summed E-state index contributed by atoms with van der Waals surface area (Å²) < 4.78 is 5.95. The van der Waals surface area contributed by atoms with Gasteiger partial charge in [0, 0.05) is 22.8 Å². The predicted molar refractivity (Wildman–Crippen MR) is 117 cm³/mol. The van der Waals surface area contributed by atoms with Crippen LogP contribution in [0.15, 0.2) is 77.2 Å².